The van der Waals surface area contributed by atoms with Crippen molar-refractivity contribution >= 4 is 28.3 Å². The first kappa shape index (κ1) is 25.5. The lowest BCUT2D eigenvalue weighted by Gasteiger charge is -2.20. The number of carbonyl (C=O) groups is 1. The van der Waals surface area contributed by atoms with E-state index in [4.69, 9.17) is 10.7 Å². The molecular formula is C30H25N9O2. The Balaban J connectivity index is 1.49. The average Bonchev–Trinajstić information content (AvgIpc) is 3.57. The molecule has 0 saturated carbocycles. The third kappa shape index (κ3) is 4.47. The van der Waals surface area contributed by atoms with E-state index in [1.807, 2.05) is 44.3 Å². The van der Waals surface area contributed by atoms with Crippen molar-refractivity contribution in [2.24, 2.45) is 7.05 Å². The van der Waals surface area contributed by atoms with E-state index in [9.17, 15) is 9.59 Å². The molecule has 0 unspecified atom stereocenters. The molecule has 0 aliphatic carbocycles. The number of anilines is 1. The highest BCUT2D eigenvalue weighted by Crippen LogP contribution is 2.22. The minimum absolute atomic E-state index is 0.0485. The summed E-state index contributed by atoms with van der Waals surface area (Å²) < 4.78 is 4.86. The normalized spacial score (nSPS) is 11.8. The zero-order valence-corrected chi connectivity index (χ0v) is 22.5. The van der Waals surface area contributed by atoms with Gasteiger partial charge in [-0.15, -0.1) is 0 Å². The molecule has 0 bridgehead atoms. The lowest BCUT2D eigenvalue weighted by atomic mass is 10.1. The minimum Gasteiger partial charge on any atom is -0.383 e. The molecule has 0 saturated heterocycles. The van der Waals surface area contributed by atoms with Crippen molar-refractivity contribution in [3.63, 3.8) is 0 Å². The van der Waals surface area contributed by atoms with Gasteiger partial charge >= 0.3 is 0 Å². The Kier molecular flexibility index (Phi) is 6.28. The minimum atomic E-state index is -0.692. The molecule has 4 aromatic heterocycles. The molecule has 0 aliphatic heterocycles. The second-order valence-electron chi connectivity index (χ2n) is 9.52. The smallest absolute Gasteiger partial charge is 0.267 e. The second-order valence-corrected chi connectivity index (χ2v) is 9.52. The van der Waals surface area contributed by atoms with Crippen molar-refractivity contribution < 1.29 is 4.79 Å². The van der Waals surface area contributed by atoms with Gasteiger partial charge in [-0.1, -0.05) is 36.1 Å². The lowest BCUT2D eigenvalue weighted by molar-refractivity contribution is 0.0939. The van der Waals surface area contributed by atoms with Crippen molar-refractivity contribution in [3.8, 4) is 17.5 Å². The number of nitrogens with zero attached hydrogens (tertiary/aromatic N) is 7. The number of para-hydroxylation sites is 1. The topological polar surface area (TPSA) is 138 Å². The maximum absolute atomic E-state index is 14.2. The van der Waals surface area contributed by atoms with E-state index in [1.54, 1.807) is 52.8 Å². The summed E-state index contributed by atoms with van der Waals surface area (Å²) in [6.07, 6.45) is 6.43. The van der Waals surface area contributed by atoms with Crippen LogP contribution in [0.5, 0.6) is 0 Å². The lowest BCUT2D eigenvalue weighted by Crippen LogP contribution is -2.34. The molecule has 41 heavy (non-hydrogen) atoms. The van der Waals surface area contributed by atoms with Crippen LogP contribution in [0.2, 0.25) is 0 Å². The summed E-state index contributed by atoms with van der Waals surface area (Å²) in [7, 11) is 1.85. The Labute approximate surface area is 234 Å². The van der Waals surface area contributed by atoms with Gasteiger partial charge in [0.2, 0.25) is 0 Å². The Morgan fingerprint density at radius 3 is 2.59 bits per heavy atom. The van der Waals surface area contributed by atoms with Crippen LogP contribution in [-0.2, 0) is 7.05 Å². The van der Waals surface area contributed by atoms with E-state index >= 15 is 0 Å². The zero-order valence-electron chi connectivity index (χ0n) is 22.5. The SMILES string of the molecule is Cc1c(C#Cc2cccc3nc([C@H](C)NC(=O)c4c(N)ncn5ccnc45)n(-c4ccccc4)c(=O)c23)cnn1C. The van der Waals surface area contributed by atoms with E-state index in [2.05, 4.69) is 32.2 Å². The average molecular weight is 544 g/mol. The fourth-order valence-electron chi connectivity index (χ4n) is 4.68. The summed E-state index contributed by atoms with van der Waals surface area (Å²) in [6, 6.07) is 13.8. The van der Waals surface area contributed by atoms with E-state index in [-0.39, 0.29) is 16.9 Å². The summed E-state index contributed by atoms with van der Waals surface area (Å²) >= 11 is 0. The van der Waals surface area contributed by atoms with Gasteiger partial charge in [0.1, 0.15) is 23.5 Å². The van der Waals surface area contributed by atoms with Crippen LogP contribution in [0.1, 0.15) is 46.0 Å². The molecule has 11 nitrogen and oxygen atoms in total. The van der Waals surface area contributed by atoms with Crippen LogP contribution in [0, 0.1) is 18.8 Å². The third-order valence-corrected chi connectivity index (χ3v) is 6.94. The zero-order chi connectivity index (χ0) is 28.7. The molecular weight excluding hydrogens is 518 g/mol. The summed E-state index contributed by atoms with van der Waals surface area (Å²) in [5, 5.41) is 7.56. The van der Waals surface area contributed by atoms with Gasteiger partial charge in [0.05, 0.1) is 40.1 Å². The first-order valence-electron chi connectivity index (χ1n) is 12.8. The number of nitrogen functional groups attached to an aromatic ring is 1. The van der Waals surface area contributed by atoms with Gasteiger partial charge in [-0.25, -0.2) is 15.0 Å². The Hall–Kier alpha value is -5.76. The van der Waals surface area contributed by atoms with E-state index < -0.39 is 11.9 Å². The fourth-order valence-corrected chi connectivity index (χ4v) is 4.68. The molecule has 0 aliphatic rings. The van der Waals surface area contributed by atoms with Crippen LogP contribution in [0.15, 0.2) is 78.2 Å². The van der Waals surface area contributed by atoms with E-state index in [1.165, 1.54) is 10.9 Å². The molecule has 2 aromatic carbocycles. The number of hydrogen-bond donors (Lipinski definition) is 2. The van der Waals surface area contributed by atoms with Crippen molar-refractivity contribution in [3.05, 3.63) is 112 Å². The Morgan fingerprint density at radius 2 is 1.83 bits per heavy atom. The highest BCUT2D eigenvalue weighted by atomic mass is 16.2. The Morgan fingerprint density at radius 1 is 1.05 bits per heavy atom. The Bertz CT molecular complexity index is 2080. The van der Waals surface area contributed by atoms with Crippen molar-refractivity contribution in [1.82, 2.24) is 39.0 Å². The number of amides is 1. The molecule has 11 heteroatoms. The number of imidazole rings is 1. The summed E-state index contributed by atoms with van der Waals surface area (Å²) in [4.78, 5) is 40.9. The highest BCUT2D eigenvalue weighted by molar-refractivity contribution is 6.04. The molecule has 1 amide bonds. The molecule has 0 fully saturated rings. The van der Waals surface area contributed by atoms with Gasteiger partial charge < -0.3 is 11.1 Å². The van der Waals surface area contributed by atoms with Gasteiger partial charge in [0.15, 0.2) is 5.65 Å². The maximum atomic E-state index is 14.2. The van der Waals surface area contributed by atoms with Gasteiger partial charge in [0, 0.05) is 25.0 Å². The van der Waals surface area contributed by atoms with Crippen LogP contribution in [-0.4, -0.2) is 39.6 Å². The molecule has 6 rings (SSSR count). The van der Waals surface area contributed by atoms with Crippen LogP contribution >= 0.6 is 0 Å². The third-order valence-electron chi connectivity index (χ3n) is 6.94. The molecule has 1 atom stereocenters. The van der Waals surface area contributed by atoms with Gasteiger partial charge in [0.25, 0.3) is 11.5 Å². The number of benzene rings is 2. The number of aryl methyl sites for hydroxylation is 1. The summed E-state index contributed by atoms with van der Waals surface area (Å²) in [6.45, 7) is 3.69. The number of rotatable bonds is 4. The summed E-state index contributed by atoms with van der Waals surface area (Å²) in [5.74, 6) is 6.19. The predicted octanol–water partition coefficient (Wildman–Crippen LogP) is 2.94. The van der Waals surface area contributed by atoms with Gasteiger partial charge in [-0.3, -0.25) is 23.2 Å². The van der Waals surface area contributed by atoms with Crippen LogP contribution in [0.4, 0.5) is 5.82 Å². The molecule has 202 valence electrons. The fraction of sp³-hybridized carbons (Fsp3) is 0.133. The van der Waals surface area contributed by atoms with Gasteiger partial charge in [-0.05, 0) is 38.1 Å². The van der Waals surface area contributed by atoms with E-state index in [0.717, 1.165) is 11.3 Å². The van der Waals surface area contributed by atoms with Crippen LogP contribution in [0.25, 0.3) is 22.2 Å². The maximum Gasteiger partial charge on any atom is 0.267 e. The number of fused-ring (bicyclic) bond motifs is 2. The van der Waals surface area contributed by atoms with E-state index in [0.29, 0.717) is 33.6 Å². The number of aromatic nitrogens is 7. The second kappa shape index (κ2) is 10.1. The molecule has 0 spiro atoms. The molecule has 0 radical (unpaired) electrons. The number of hydrogen-bond acceptors (Lipinski definition) is 7. The largest absolute Gasteiger partial charge is 0.383 e. The molecule has 6 aromatic rings. The van der Waals surface area contributed by atoms with Crippen LogP contribution < -0.4 is 16.6 Å². The van der Waals surface area contributed by atoms with Crippen LogP contribution in [0.3, 0.4) is 0 Å². The summed E-state index contributed by atoms with van der Waals surface area (Å²) in [5.41, 5.74) is 9.58. The van der Waals surface area contributed by atoms with Crippen molar-refractivity contribution in [1.29, 1.82) is 0 Å². The number of carbonyl (C=O) groups excluding carboxylic acids is 1. The standard InChI is InChI=1S/C30H25N9O2/c1-18(35-29(40)25-26(31)33-17-38-15-14-32-28(25)38)27-36-23-11-7-8-20(12-13-21-16-34-37(3)19(21)2)24(23)30(41)39(27)22-9-5-4-6-10-22/h4-11,14-18H,31H2,1-3H3,(H,35,40)/t18-/m0/s1. The quantitative estimate of drug-likeness (QED) is 0.326. The number of nitrogens with one attached hydrogen (secondary N) is 1. The molecule has 3 N–H and O–H groups in total. The monoisotopic (exact) mass is 543 g/mol. The number of nitrogens with two attached hydrogens (primary N) is 1. The van der Waals surface area contributed by atoms with Crippen molar-refractivity contribution in [2.45, 2.75) is 19.9 Å². The first-order valence-corrected chi connectivity index (χ1v) is 12.8. The highest BCUT2D eigenvalue weighted by Gasteiger charge is 2.24. The van der Waals surface area contributed by atoms with Gasteiger partial charge in [-0.2, -0.15) is 5.10 Å². The predicted molar refractivity (Wildman–Crippen MR) is 155 cm³/mol. The van der Waals surface area contributed by atoms with Crippen molar-refractivity contribution in [2.75, 3.05) is 5.73 Å². The molecule has 4 heterocycles. The first-order chi connectivity index (χ1) is 19.8.